The summed E-state index contributed by atoms with van der Waals surface area (Å²) < 4.78 is 9.53. The number of aromatic amines is 1. The number of nitriles is 1. The van der Waals surface area contributed by atoms with Crippen molar-refractivity contribution in [1.82, 2.24) is 30.4 Å². The van der Waals surface area contributed by atoms with Crippen LogP contribution in [0.1, 0.15) is 70.8 Å². The van der Waals surface area contributed by atoms with Crippen LogP contribution in [0.2, 0.25) is 0 Å². The number of fused-ring (bicyclic) bond motifs is 1. The highest BCUT2D eigenvalue weighted by Crippen LogP contribution is 2.36. The number of aliphatic imine (C=N–C) groups is 1. The molecule has 1 unspecified atom stereocenters. The maximum Gasteiger partial charge on any atom is 0.407 e. The van der Waals surface area contributed by atoms with Crippen LogP contribution in [0.5, 0.6) is 0 Å². The molecule has 0 spiro atoms. The van der Waals surface area contributed by atoms with Crippen LogP contribution in [0, 0.1) is 29.1 Å². The second kappa shape index (κ2) is 17.8. The maximum atomic E-state index is 13.7. The van der Waals surface area contributed by atoms with Gasteiger partial charge in [-0.15, -0.1) is 0 Å². The van der Waals surface area contributed by atoms with E-state index in [1.807, 2.05) is 45.0 Å². The molecule has 4 amide bonds. The van der Waals surface area contributed by atoms with Gasteiger partial charge in [-0.2, -0.15) is 5.26 Å². The molecule has 0 bridgehead atoms. The summed E-state index contributed by atoms with van der Waals surface area (Å²) in [5.41, 5.74) is 6.90. The van der Waals surface area contributed by atoms with Gasteiger partial charge in [-0.3, -0.25) is 14.6 Å². The smallest absolute Gasteiger partial charge is 0.407 e. The number of likely N-dealkylation sites (tertiary alicyclic amines) is 2. The fraction of sp³-hybridized carbons (Fsp3) is 0.413. The Hall–Kier alpha value is -6.49. The zero-order chi connectivity index (χ0) is 42.7. The molecule has 3 N–H and O–H groups in total. The minimum atomic E-state index is -0.780. The van der Waals surface area contributed by atoms with E-state index in [1.54, 1.807) is 4.90 Å². The highest BCUT2D eigenvalue weighted by molar-refractivity contribution is 6.04. The molecule has 3 aliphatic heterocycles. The molecular weight excluding hydrogens is 761 g/mol. The maximum absolute atomic E-state index is 13.7. The second-order valence-electron chi connectivity index (χ2n) is 16.5. The summed E-state index contributed by atoms with van der Waals surface area (Å²) in [7, 11) is 2.55. The summed E-state index contributed by atoms with van der Waals surface area (Å²) in [6.07, 6.45) is 5.04. The number of imidazole rings is 1. The Labute approximate surface area is 350 Å². The standard InChI is InChI=1S/C46H52N8O6/c1-26(2)40(51-45(57)59-5)43(55)53-17-7-8-38(53)42-49-24-37(50-42)34-16-15-32-19-31(13-14-33(32)20-34)29-9-11-30(12-10-29)35-21-36(48-23-35)39-18-28(22-47)25-54(39)44(56)41(27(3)4)52-46(58)60-6/h9-16,19-20,23-24,26-28,38-41H,7-8,17-18,21,25H2,1-6H3,(H,49,50)(H,51,57)(H,52,58)/t28?,38-,39-,40-,41-/m0/s1. The van der Waals surface area contributed by atoms with Gasteiger partial charge in [-0.1, -0.05) is 76.2 Å². The van der Waals surface area contributed by atoms with Crippen LogP contribution in [0.25, 0.3) is 38.7 Å². The number of hydrogen-bond acceptors (Lipinski definition) is 9. The third-order valence-corrected chi connectivity index (χ3v) is 11.9. The first-order valence-corrected chi connectivity index (χ1v) is 20.5. The van der Waals surface area contributed by atoms with E-state index in [0.29, 0.717) is 19.4 Å². The van der Waals surface area contributed by atoms with Gasteiger partial charge in [0.15, 0.2) is 0 Å². The number of aromatic nitrogens is 2. The van der Waals surface area contributed by atoms with Crippen LogP contribution >= 0.6 is 0 Å². The second-order valence-corrected chi connectivity index (χ2v) is 16.5. The number of alkyl carbamates (subject to hydrolysis) is 2. The van der Waals surface area contributed by atoms with Gasteiger partial charge < -0.3 is 34.9 Å². The first-order valence-electron chi connectivity index (χ1n) is 20.5. The molecule has 0 radical (unpaired) electrons. The molecule has 0 saturated carbocycles. The summed E-state index contributed by atoms with van der Waals surface area (Å²) in [6.45, 7) is 8.40. The Morgan fingerprint density at radius 2 is 1.38 bits per heavy atom. The Kier molecular flexibility index (Phi) is 12.3. The highest BCUT2D eigenvalue weighted by Gasteiger charge is 2.42. The van der Waals surface area contributed by atoms with Crippen LogP contribution in [0.15, 0.2) is 78.1 Å². The Balaban J connectivity index is 1.01. The van der Waals surface area contributed by atoms with Crippen LogP contribution in [-0.4, -0.2) is 94.9 Å². The number of hydrogen-bond donors (Lipinski definition) is 3. The van der Waals surface area contributed by atoms with Crippen LogP contribution in [0.4, 0.5) is 9.59 Å². The van der Waals surface area contributed by atoms with Crippen molar-refractivity contribution < 1.29 is 28.7 Å². The summed E-state index contributed by atoms with van der Waals surface area (Å²) in [4.78, 5) is 67.8. The number of nitrogens with one attached hydrogen (secondary N) is 3. The molecule has 14 heteroatoms. The van der Waals surface area contributed by atoms with Gasteiger partial charge in [-0.25, -0.2) is 14.6 Å². The number of H-pyrrole nitrogens is 1. The molecule has 5 atom stereocenters. The van der Waals surface area contributed by atoms with Gasteiger partial charge in [0, 0.05) is 37.0 Å². The van der Waals surface area contributed by atoms with E-state index in [4.69, 9.17) is 19.5 Å². The lowest BCUT2D eigenvalue weighted by atomic mass is 9.94. The molecule has 3 aliphatic rings. The average molecular weight is 813 g/mol. The van der Waals surface area contributed by atoms with E-state index in [2.05, 4.69) is 82.4 Å². The van der Waals surface area contributed by atoms with Crippen molar-refractivity contribution in [2.75, 3.05) is 27.3 Å². The third kappa shape index (κ3) is 8.61. The van der Waals surface area contributed by atoms with E-state index >= 15 is 0 Å². The zero-order valence-electron chi connectivity index (χ0n) is 34.9. The predicted octanol–water partition coefficient (Wildman–Crippen LogP) is 7.25. The molecule has 4 heterocycles. The van der Waals surface area contributed by atoms with Crippen molar-refractivity contribution >= 4 is 46.1 Å². The number of rotatable bonds is 11. The number of ether oxygens (including phenoxy) is 2. The number of methoxy groups -OCH3 is 2. The van der Waals surface area contributed by atoms with Gasteiger partial charge in [0.05, 0.1) is 50.2 Å². The van der Waals surface area contributed by atoms with E-state index < -0.39 is 24.3 Å². The first-order chi connectivity index (χ1) is 28.9. The van der Waals surface area contributed by atoms with E-state index in [-0.39, 0.29) is 48.2 Å². The minimum absolute atomic E-state index is 0.111. The molecule has 4 aromatic rings. The lowest BCUT2D eigenvalue weighted by Gasteiger charge is -2.31. The topological polar surface area (TPSA) is 182 Å². The number of allylic oxidation sites excluding steroid dienone is 1. The quantitative estimate of drug-likeness (QED) is 0.142. The van der Waals surface area contributed by atoms with E-state index in [1.165, 1.54) is 14.2 Å². The Bertz CT molecular complexity index is 2380. The van der Waals surface area contributed by atoms with E-state index in [0.717, 1.165) is 68.7 Å². The van der Waals surface area contributed by atoms with Crippen molar-refractivity contribution in [3.05, 3.63) is 84.4 Å². The molecule has 7 rings (SSSR count). The van der Waals surface area contributed by atoms with Crippen LogP contribution in [0.3, 0.4) is 0 Å². The summed E-state index contributed by atoms with van der Waals surface area (Å²) >= 11 is 0. The van der Waals surface area contributed by atoms with Gasteiger partial charge in [0.2, 0.25) is 11.8 Å². The van der Waals surface area contributed by atoms with Gasteiger partial charge in [0.25, 0.3) is 0 Å². The monoisotopic (exact) mass is 812 g/mol. The number of carbonyl (C=O) groups is 4. The Morgan fingerprint density at radius 1 is 0.800 bits per heavy atom. The molecule has 312 valence electrons. The zero-order valence-corrected chi connectivity index (χ0v) is 34.9. The molecule has 14 nitrogen and oxygen atoms in total. The normalized spacial score (nSPS) is 19.8. The summed E-state index contributed by atoms with van der Waals surface area (Å²) in [5.74, 6) is -0.271. The summed E-state index contributed by atoms with van der Waals surface area (Å²) in [5, 5.41) is 17.3. The molecule has 60 heavy (non-hydrogen) atoms. The lowest BCUT2D eigenvalue weighted by molar-refractivity contribution is -0.135. The fourth-order valence-corrected chi connectivity index (χ4v) is 8.51. The molecule has 0 aliphatic carbocycles. The summed E-state index contributed by atoms with van der Waals surface area (Å²) in [6, 6.07) is 21.4. The third-order valence-electron chi connectivity index (χ3n) is 11.9. The van der Waals surface area contributed by atoms with Gasteiger partial charge >= 0.3 is 12.2 Å². The largest absolute Gasteiger partial charge is 0.453 e. The number of nitrogens with zero attached hydrogens (tertiary/aromatic N) is 5. The lowest BCUT2D eigenvalue weighted by Crippen LogP contribution is -2.53. The predicted molar refractivity (Wildman–Crippen MR) is 228 cm³/mol. The molecule has 3 aromatic carbocycles. The fourth-order valence-electron chi connectivity index (χ4n) is 8.51. The highest BCUT2D eigenvalue weighted by atomic mass is 16.5. The van der Waals surface area contributed by atoms with Crippen molar-refractivity contribution in [3.63, 3.8) is 0 Å². The van der Waals surface area contributed by atoms with Gasteiger partial charge in [0.1, 0.15) is 17.9 Å². The average Bonchev–Trinajstić information content (AvgIpc) is 4.10. The molecule has 2 saturated heterocycles. The number of amides is 4. The Morgan fingerprint density at radius 3 is 2.00 bits per heavy atom. The van der Waals surface area contributed by atoms with Gasteiger partial charge in [-0.05, 0) is 76.3 Å². The SMILES string of the molecule is COC(=O)N[C@H](C(=O)N1CC(C#N)C[C@H]1C1=NC=C(c2ccc(-c3ccc4cc(-c5cnc([C@@H]6CCCN6C(=O)[C@@H](NC(=O)OC)C(C)C)[nH]5)ccc4c3)cc2)C1)C(C)C. The molecule has 2 fully saturated rings. The van der Waals surface area contributed by atoms with Crippen molar-refractivity contribution in [1.29, 1.82) is 5.26 Å². The molecular formula is C46H52N8O6. The minimum Gasteiger partial charge on any atom is -0.453 e. The van der Waals surface area contributed by atoms with Crippen LogP contribution in [-0.2, 0) is 19.1 Å². The molecule has 1 aromatic heterocycles. The van der Waals surface area contributed by atoms with Crippen molar-refractivity contribution in [3.8, 4) is 28.5 Å². The van der Waals surface area contributed by atoms with Crippen molar-refractivity contribution in [2.24, 2.45) is 22.7 Å². The first kappa shape index (κ1) is 41.7. The number of carbonyl (C=O) groups excluding carboxylic acids is 4. The van der Waals surface area contributed by atoms with Crippen molar-refractivity contribution in [2.45, 2.75) is 77.5 Å². The van der Waals surface area contributed by atoms with Crippen LogP contribution < -0.4 is 10.6 Å². The van der Waals surface area contributed by atoms with E-state index in [9.17, 15) is 24.4 Å². The number of benzene rings is 3.